The van der Waals surface area contributed by atoms with Gasteiger partial charge in [-0.2, -0.15) is 0 Å². The summed E-state index contributed by atoms with van der Waals surface area (Å²) in [6, 6.07) is 5.72. The van der Waals surface area contributed by atoms with E-state index < -0.39 is 0 Å². The molecule has 1 saturated heterocycles. The van der Waals surface area contributed by atoms with Crippen LogP contribution in [0.5, 0.6) is 0 Å². The Kier molecular flexibility index (Phi) is 6.44. The van der Waals surface area contributed by atoms with Crippen LogP contribution < -0.4 is 5.84 Å². The van der Waals surface area contributed by atoms with Gasteiger partial charge in [-0.15, -0.1) is 5.06 Å². The number of aromatic nitrogens is 1. The standard InChI is InChI=1S/C12H23N3O2.C5H5N/c1-9(2)10(16)17-14-7-11(3,4)15(13)12(5,6)8-14;1-2-4-6-5-3-1/h1,7-8,13H2,2-6H3;1-5H. The first-order valence-corrected chi connectivity index (χ1v) is 7.59. The van der Waals surface area contributed by atoms with Crippen LogP contribution in [0.1, 0.15) is 34.6 Å². The molecule has 2 rings (SSSR count). The quantitative estimate of drug-likeness (QED) is 0.665. The maximum Gasteiger partial charge on any atom is 0.352 e. The number of carbonyl (C=O) groups is 1. The summed E-state index contributed by atoms with van der Waals surface area (Å²) < 4.78 is 0. The molecule has 1 aliphatic heterocycles. The van der Waals surface area contributed by atoms with Gasteiger partial charge in [-0.1, -0.05) is 12.6 Å². The van der Waals surface area contributed by atoms with Gasteiger partial charge in [0, 0.05) is 29.0 Å². The lowest BCUT2D eigenvalue weighted by Gasteiger charge is -2.52. The fourth-order valence-corrected chi connectivity index (χ4v) is 2.46. The molecule has 1 aromatic rings. The van der Waals surface area contributed by atoms with E-state index in [4.69, 9.17) is 10.7 Å². The molecule has 6 heteroatoms. The van der Waals surface area contributed by atoms with E-state index in [-0.39, 0.29) is 17.0 Å². The number of piperazine rings is 1. The second-order valence-corrected chi connectivity index (χ2v) is 6.98. The Bertz CT molecular complexity index is 484. The summed E-state index contributed by atoms with van der Waals surface area (Å²) >= 11 is 0. The van der Waals surface area contributed by atoms with E-state index in [0.29, 0.717) is 18.7 Å². The molecule has 1 fully saturated rings. The molecule has 0 bridgehead atoms. The Balaban J connectivity index is 0.000000366. The van der Waals surface area contributed by atoms with Crippen LogP contribution in [-0.4, -0.2) is 45.2 Å². The van der Waals surface area contributed by atoms with Crippen molar-refractivity contribution in [1.29, 1.82) is 0 Å². The number of nitrogens with two attached hydrogens (primary N) is 1. The van der Waals surface area contributed by atoms with Gasteiger partial charge in [0.15, 0.2) is 0 Å². The molecule has 0 radical (unpaired) electrons. The van der Waals surface area contributed by atoms with Gasteiger partial charge in [0.05, 0.1) is 13.1 Å². The zero-order valence-electron chi connectivity index (χ0n) is 14.7. The van der Waals surface area contributed by atoms with E-state index >= 15 is 0 Å². The van der Waals surface area contributed by atoms with Crippen molar-refractivity contribution in [3.8, 4) is 0 Å². The van der Waals surface area contributed by atoms with Gasteiger partial charge in [0.25, 0.3) is 0 Å². The summed E-state index contributed by atoms with van der Waals surface area (Å²) in [4.78, 5) is 20.6. The molecule has 2 heterocycles. The van der Waals surface area contributed by atoms with Crippen molar-refractivity contribution in [3.05, 3.63) is 42.7 Å². The number of rotatable bonds is 2. The van der Waals surface area contributed by atoms with Gasteiger partial charge in [0.1, 0.15) is 0 Å². The zero-order chi connectivity index (χ0) is 17.7. The molecule has 0 saturated carbocycles. The first-order valence-electron chi connectivity index (χ1n) is 7.59. The second-order valence-electron chi connectivity index (χ2n) is 6.98. The Morgan fingerprint density at radius 3 is 1.91 bits per heavy atom. The Labute approximate surface area is 138 Å². The third kappa shape index (κ3) is 5.74. The fourth-order valence-electron chi connectivity index (χ4n) is 2.46. The molecule has 2 N–H and O–H groups in total. The predicted molar refractivity (Wildman–Crippen MR) is 90.9 cm³/mol. The minimum atomic E-state index is -0.387. The van der Waals surface area contributed by atoms with E-state index in [9.17, 15) is 4.79 Å². The summed E-state index contributed by atoms with van der Waals surface area (Å²) in [6.45, 7) is 14.5. The number of nitrogens with zero attached hydrogens (tertiary/aromatic N) is 3. The molecule has 128 valence electrons. The summed E-state index contributed by atoms with van der Waals surface area (Å²) in [5.74, 6) is 5.70. The maximum atomic E-state index is 11.5. The van der Waals surface area contributed by atoms with Crippen LogP contribution >= 0.6 is 0 Å². The van der Waals surface area contributed by atoms with E-state index in [1.54, 1.807) is 24.4 Å². The first-order chi connectivity index (χ1) is 10.6. The highest BCUT2D eigenvalue weighted by molar-refractivity contribution is 5.86. The van der Waals surface area contributed by atoms with Gasteiger partial charge in [-0.05, 0) is 46.8 Å². The molecule has 0 aromatic carbocycles. The number of hydrazine groups is 1. The second kappa shape index (κ2) is 7.68. The molecule has 0 aliphatic carbocycles. The third-order valence-corrected chi connectivity index (χ3v) is 3.56. The van der Waals surface area contributed by atoms with Crippen molar-refractivity contribution >= 4 is 5.97 Å². The van der Waals surface area contributed by atoms with Crippen molar-refractivity contribution in [2.75, 3.05) is 13.1 Å². The number of hydrogen-bond acceptors (Lipinski definition) is 6. The minimum Gasteiger partial charge on any atom is -0.364 e. The molecular formula is C17H28N4O2. The van der Waals surface area contributed by atoms with Crippen molar-refractivity contribution in [2.24, 2.45) is 5.84 Å². The highest BCUT2D eigenvalue weighted by Crippen LogP contribution is 2.29. The summed E-state index contributed by atoms with van der Waals surface area (Å²) in [7, 11) is 0. The van der Waals surface area contributed by atoms with Gasteiger partial charge >= 0.3 is 5.97 Å². The molecule has 23 heavy (non-hydrogen) atoms. The normalized spacial score (nSPS) is 20.1. The average Bonchev–Trinajstić information content (AvgIpc) is 2.46. The lowest BCUT2D eigenvalue weighted by molar-refractivity contribution is -0.224. The maximum absolute atomic E-state index is 11.5. The van der Waals surface area contributed by atoms with E-state index in [2.05, 4.69) is 11.6 Å². The van der Waals surface area contributed by atoms with Crippen molar-refractivity contribution in [3.63, 3.8) is 0 Å². The number of pyridine rings is 1. The number of carbonyl (C=O) groups excluding carboxylic acids is 1. The van der Waals surface area contributed by atoms with Crippen molar-refractivity contribution in [2.45, 2.75) is 45.7 Å². The molecule has 0 atom stereocenters. The molecule has 1 aromatic heterocycles. The Morgan fingerprint density at radius 2 is 1.61 bits per heavy atom. The van der Waals surface area contributed by atoms with Gasteiger partial charge < -0.3 is 4.84 Å². The number of hydroxylamine groups is 2. The summed E-state index contributed by atoms with van der Waals surface area (Å²) in [6.07, 6.45) is 3.50. The van der Waals surface area contributed by atoms with E-state index in [1.165, 1.54) is 0 Å². The largest absolute Gasteiger partial charge is 0.364 e. The van der Waals surface area contributed by atoms with Crippen molar-refractivity contribution in [1.82, 2.24) is 15.1 Å². The predicted octanol–water partition coefficient (Wildman–Crippen LogP) is 2.15. The highest BCUT2D eigenvalue weighted by Gasteiger charge is 2.44. The molecular weight excluding hydrogens is 292 g/mol. The van der Waals surface area contributed by atoms with Gasteiger partial charge in [-0.3, -0.25) is 10.8 Å². The van der Waals surface area contributed by atoms with E-state index in [1.807, 2.05) is 50.9 Å². The van der Waals surface area contributed by atoms with Crippen LogP contribution in [-0.2, 0) is 9.63 Å². The van der Waals surface area contributed by atoms with Crippen LogP contribution in [0.2, 0.25) is 0 Å². The molecule has 0 amide bonds. The SMILES string of the molecule is C=C(C)C(=O)ON1CC(C)(C)N(N)C(C)(C)C1.c1ccncc1. The van der Waals surface area contributed by atoms with Crippen LogP contribution in [0.25, 0.3) is 0 Å². The molecule has 0 unspecified atom stereocenters. The average molecular weight is 320 g/mol. The topological polar surface area (TPSA) is 71.7 Å². The molecule has 1 aliphatic rings. The minimum absolute atomic E-state index is 0.253. The van der Waals surface area contributed by atoms with Crippen molar-refractivity contribution < 1.29 is 9.63 Å². The van der Waals surface area contributed by atoms with Gasteiger partial charge in [0.2, 0.25) is 0 Å². The van der Waals surface area contributed by atoms with Crippen LogP contribution in [0.15, 0.2) is 42.7 Å². The van der Waals surface area contributed by atoms with Crippen LogP contribution in [0.4, 0.5) is 0 Å². The lowest BCUT2D eigenvalue weighted by atomic mass is 9.91. The molecule has 0 spiro atoms. The summed E-state index contributed by atoms with van der Waals surface area (Å²) in [5.41, 5.74) is -0.107. The molecule has 6 nitrogen and oxygen atoms in total. The van der Waals surface area contributed by atoms with Gasteiger partial charge in [-0.25, -0.2) is 9.80 Å². The smallest absolute Gasteiger partial charge is 0.352 e. The lowest BCUT2D eigenvalue weighted by Crippen LogP contribution is -2.71. The van der Waals surface area contributed by atoms with Crippen LogP contribution in [0.3, 0.4) is 0 Å². The monoisotopic (exact) mass is 320 g/mol. The third-order valence-electron chi connectivity index (χ3n) is 3.56. The number of hydrogen-bond donors (Lipinski definition) is 1. The summed E-state index contributed by atoms with van der Waals surface area (Å²) in [5, 5.41) is 3.49. The van der Waals surface area contributed by atoms with Crippen LogP contribution in [0, 0.1) is 0 Å². The Morgan fingerprint density at radius 1 is 1.13 bits per heavy atom. The first kappa shape index (κ1) is 19.3. The fraction of sp³-hybridized carbons (Fsp3) is 0.529. The highest BCUT2D eigenvalue weighted by atomic mass is 16.7. The zero-order valence-corrected chi connectivity index (χ0v) is 14.7. The van der Waals surface area contributed by atoms with E-state index in [0.717, 1.165) is 0 Å². The Hall–Kier alpha value is -1.76.